The number of hydrogen-bond donors (Lipinski definition) is 1. The first-order chi connectivity index (χ1) is 11.6. The molecule has 4 nitrogen and oxygen atoms in total. The van der Waals surface area contributed by atoms with Gasteiger partial charge in [0.2, 0.25) is 5.16 Å². The lowest BCUT2D eigenvalue weighted by Gasteiger charge is -2.08. The van der Waals surface area contributed by atoms with E-state index in [1.807, 2.05) is 0 Å². The number of para-hydroxylation sites is 1. The summed E-state index contributed by atoms with van der Waals surface area (Å²) in [5, 5.41) is 8.25. The van der Waals surface area contributed by atoms with E-state index in [4.69, 9.17) is 27.9 Å². The quantitative estimate of drug-likeness (QED) is 0.475. The summed E-state index contributed by atoms with van der Waals surface area (Å²) in [5.74, 6) is 1.10. The molecule has 0 bridgehead atoms. The zero-order valence-electron chi connectivity index (χ0n) is 12.3. The minimum atomic E-state index is -0.345. The number of nitrogens with zero attached hydrogens (tertiary/aromatic N) is 2. The van der Waals surface area contributed by atoms with E-state index in [1.165, 1.54) is 17.8 Å². The third-order valence-electron chi connectivity index (χ3n) is 3.07. The summed E-state index contributed by atoms with van der Waals surface area (Å²) in [5.41, 5.74) is 0.385. The monoisotopic (exact) mass is 383 g/mol. The zero-order valence-corrected chi connectivity index (χ0v) is 14.6. The summed E-state index contributed by atoms with van der Waals surface area (Å²) < 4.78 is 19.3. The summed E-state index contributed by atoms with van der Waals surface area (Å²) in [6.45, 7) is 0.387. The van der Waals surface area contributed by atoms with E-state index in [0.717, 1.165) is 0 Å². The summed E-state index contributed by atoms with van der Waals surface area (Å²) in [6.07, 6.45) is 0. The highest BCUT2D eigenvalue weighted by molar-refractivity contribution is 7.99. The van der Waals surface area contributed by atoms with Crippen molar-refractivity contribution in [1.29, 1.82) is 0 Å². The number of rotatable bonds is 6. The molecule has 0 radical (unpaired) electrons. The molecule has 24 heavy (non-hydrogen) atoms. The molecule has 1 N–H and O–H groups in total. The molecule has 124 valence electrons. The summed E-state index contributed by atoms with van der Waals surface area (Å²) in [7, 11) is 0. The first kappa shape index (κ1) is 17.1. The van der Waals surface area contributed by atoms with Crippen LogP contribution in [-0.4, -0.2) is 27.5 Å². The number of thioether (sulfide) groups is 1. The number of aromatic amines is 1. The van der Waals surface area contributed by atoms with E-state index in [2.05, 4.69) is 15.2 Å². The van der Waals surface area contributed by atoms with Gasteiger partial charge in [-0.05, 0) is 24.3 Å². The van der Waals surface area contributed by atoms with Crippen molar-refractivity contribution in [2.45, 2.75) is 5.16 Å². The molecule has 8 heteroatoms. The number of halogens is 3. The minimum Gasteiger partial charge on any atom is -0.490 e. The average molecular weight is 384 g/mol. The fourth-order valence-corrected chi connectivity index (χ4v) is 3.10. The Labute approximate surface area is 152 Å². The van der Waals surface area contributed by atoms with E-state index in [9.17, 15) is 4.39 Å². The van der Waals surface area contributed by atoms with Gasteiger partial charge in [-0.2, -0.15) is 0 Å². The SMILES string of the molecule is Fc1ccccc1-c1nc(SCCOc2c(Cl)cccc2Cl)n[nH]1. The zero-order chi connectivity index (χ0) is 16.9. The van der Waals surface area contributed by atoms with Gasteiger partial charge in [-0.1, -0.05) is 53.2 Å². The lowest BCUT2D eigenvalue weighted by Crippen LogP contribution is -2.01. The van der Waals surface area contributed by atoms with Gasteiger partial charge in [-0.3, -0.25) is 5.10 Å². The molecule has 0 amide bonds. The molecular weight excluding hydrogens is 372 g/mol. The molecule has 0 saturated carbocycles. The molecule has 0 aliphatic heterocycles. The topological polar surface area (TPSA) is 50.8 Å². The fraction of sp³-hybridized carbons (Fsp3) is 0.125. The van der Waals surface area contributed by atoms with Gasteiger partial charge >= 0.3 is 0 Å². The summed E-state index contributed by atoms with van der Waals surface area (Å²) in [4.78, 5) is 4.27. The predicted molar refractivity (Wildman–Crippen MR) is 94.5 cm³/mol. The largest absolute Gasteiger partial charge is 0.490 e. The number of nitrogens with one attached hydrogen (secondary N) is 1. The van der Waals surface area contributed by atoms with Crippen LogP contribution < -0.4 is 4.74 Å². The van der Waals surface area contributed by atoms with Gasteiger partial charge in [-0.15, -0.1) is 5.10 Å². The summed E-state index contributed by atoms with van der Waals surface area (Å²) >= 11 is 13.4. The van der Waals surface area contributed by atoms with Crippen LogP contribution in [0.1, 0.15) is 0 Å². The van der Waals surface area contributed by atoms with E-state index >= 15 is 0 Å². The maximum Gasteiger partial charge on any atom is 0.208 e. The van der Waals surface area contributed by atoms with Crippen LogP contribution in [0.4, 0.5) is 4.39 Å². The molecule has 2 aromatic carbocycles. The van der Waals surface area contributed by atoms with Crippen LogP contribution in [0.25, 0.3) is 11.4 Å². The van der Waals surface area contributed by atoms with Gasteiger partial charge in [0.1, 0.15) is 5.82 Å². The van der Waals surface area contributed by atoms with E-state index < -0.39 is 0 Å². The van der Waals surface area contributed by atoms with Gasteiger partial charge < -0.3 is 4.74 Å². The first-order valence-corrected chi connectivity index (χ1v) is 8.76. The Morgan fingerprint density at radius 2 is 1.83 bits per heavy atom. The molecule has 0 atom stereocenters. The second-order valence-corrected chi connectivity index (χ2v) is 6.57. The highest BCUT2D eigenvalue weighted by atomic mass is 35.5. The molecule has 0 saturated heterocycles. The smallest absolute Gasteiger partial charge is 0.208 e. The second kappa shape index (κ2) is 7.88. The van der Waals surface area contributed by atoms with Crippen LogP contribution in [-0.2, 0) is 0 Å². The predicted octanol–water partition coefficient (Wildman–Crippen LogP) is 5.09. The van der Waals surface area contributed by atoms with Gasteiger partial charge in [0.15, 0.2) is 11.6 Å². The third kappa shape index (κ3) is 4.01. The lowest BCUT2D eigenvalue weighted by atomic mass is 10.2. The van der Waals surface area contributed by atoms with E-state index in [0.29, 0.717) is 44.7 Å². The molecule has 0 spiro atoms. The van der Waals surface area contributed by atoms with Crippen molar-refractivity contribution in [1.82, 2.24) is 15.2 Å². The Morgan fingerprint density at radius 1 is 1.08 bits per heavy atom. The number of H-pyrrole nitrogens is 1. The van der Waals surface area contributed by atoms with Crippen LogP contribution in [0.3, 0.4) is 0 Å². The Kier molecular flexibility index (Phi) is 5.60. The molecule has 1 aromatic heterocycles. The molecule has 0 aliphatic rings. The second-order valence-electron chi connectivity index (χ2n) is 4.69. The molecule has 3 aromatic rings. The highest BCUT2D eigenvalue weighted by Crippen LogP contribution is 2.32. The van der Waals surface area contributed by atoms with Crippen molar-refractivity contribution in [2.24, 2.45) is 0 Å². The Morgan fingerprint density at radius 3 is 2.58 bits per heavy atom. The Hall–Kier alpha value is -1.76. The Balaban J connectivity index is 1.56. The molecule has 3 rings (SSSR count). The van der Waals surface area contributed by atoms with Crippen molar-refractivity contribution in [3.8, 4) is 17.1 Å². The van der Waals surface area contributed by atoms with Crippen molar-refractivity contribution in [2.75, 3.05) is 12.4 Å². The van der Waals surface area contributed by atoms with Crippen LogP contribution in [0.15, 0.2) is 47.6 Å². The van der Waals surface area contributed by atoms with Crippen molar-refractivity contribution < 1.29 is 9.13 Å². The summed E-state index contributed by atoms with van der Waals surface area (Å²) in [6, 6.07) is 11.6. The number of ether oxygens (including phenoxy) is 1. The molecule has 0 aliphatic carbocycles. The average Bonchev–Trinajstić information content (AvgIpc) is 3.03. The van der Waals surface area contributed by atoms with Gasteiger partial charge in [0.05, 0.1) is 22.2 Å². The van der Waals surface area contributed by atoms with E-state index in [-0.39, 0.29) is 5.82 Å². The van der Waals surface area contributed by atoms with E-state index in [1.54, 1.807) is 36.4 Å². The van der Waals surface area contributed by atoms with Gasteiger partial charge in [-0.25, -0.2) is 9.37 Å². The molecular formula is C16H12Cl2FN3OS. The molecule has 1 heterocycles. The fourth-order valence-electron chi connectivity index (χ4n) is 1.98. The number of hydrogen-bond acceptors (Lipinski definition) is 4. The van der Waals surface area contributed by atoms with Crippen LogP contribution in [0.5, 0.6) is 5.75 Å². The lowest BCUT2D eigenvalue weighted by molar-refractivity contribution is 0.344. The third-order valence-corrected chi connectivity index (χ3v) is 4.48. The van der Waals surface area contributed by atoms with Gasteiger partial charge in [0, 0.05) is 5.75 Å². The maximum atomic E-state index is 13.7. The van der Waals surface area contributed by atoms with Crippen LogP contribution >= 0.6 is 35.0 Å². The molecule has 0 fully saturated rings. The number of benzene rings is 2. The normalized spacial score (nSPS) is 10.8. The first-order valence-electron chi connectivity index (χ1n) is 7.02. The molecule has 0 unspecified atom stereocenters. The maximum absolute atomic E-state index is 13.7. The van der Waals surface area contributed by atoms with Crippen molar-refractivity contribution >= 4 is 35.0 Å². The number of aromatic nitrogens is 3. The standard InChI is InChI=1S/C16H12Cl2FN3OS/c17-11-5-3-6-12(18)14(11)23-8-9-24-16-20-15(21-22-16)10-4-1-2-7-13(10)19/h1-7H,8-9H2,(H,20,21,22). The minimum absolute atomic E-state index is 0.345. The highest BCUT2D eigenvalue weighted by Gasteiger charge is 2.11. The van der Waals surface area contributed by atoms with Crippen molar-refractivity contribution in [3.05, 3.63) is 58.3 Å². The van der Waals surface area contributed by atoms with Crippen LogP contribution in [0.2, 0.25) is 10.0 Å². The van der Waals surface area contributed by atoms with Crippen LogP contribution in [0, 0.1) is 5.82 Å². The van der Waals surface area contributed by atoms with Gasteiger partial charge in [0.25, 0.3) is 0 Å². The van der Waals surface area contributed by atoms with Crippen molar-refractivity contribution in [3.63, 3.8) is 0 Å². The Bertz CT molecular complexity index is 823.